The lowest BCUT2D eigenvalue weighted by atomic mass is 10.1. The zero-order valence-electron chi connectivity index (χ0n) is 11.9. The predicted molar refractivity (Wildman–Crippen MR) is 78.0 cm³/mol. The zero-order valence-corrected chi connectivity index (χ0v) is 12.7. The van der Waals surface area contributed by atoms with Crippen LogP contribution in [-0.2, 0) is 16.4 Å². The van der Waals surface area contributed by atoms with Crippen LogP contribution < -0.4 is 5.32 Å². The molecule has 0 bridgehead atoms. The van der Waals surface area contributed by atoms with Crippen LogP contribution >= 0.6 is 0 Å². The molecule has 0 saturated carbocycles. The SMILES string of the molecule is CN(CCS(C)(=O)=O)C(=O)NCc1ccc(C(=O)O)cc1. The molecule has 0 heterocycles. The van der Waals surface area contributed by atoms with E-state index in [9.17, 15) is 18.0 Å². The molecular formula is C13H18N2O5S. The Balaban J connectivity index is 2.47. The second kappa shape index (κ2) is 7.07. The van der Waals surface area contributed by atoms with Crippen molar-refractivity contribution in [3.63, 3.8) is 0 Å². The molecule has 0 unspecified atom stereocenters. The maximum atomic E-state index is 11.7. The van der Waals surface area contributed by atoms with Gasteiger partial charge in [0.1, 0.15) is 9.84 Å². The number of carbonyl (C=O) groups is 2. The van der Waals surface area contributed by atoms with Crippen LogP contribution in [0.25, 0.3) is 0 Å². The van der Waals surface area contributed by atoms with Gasteiger partial charge in [0.15, 0.2) is 0 Å². The molecule has 0 radical (unpaired) electrons. The fourth-order valence-corrected chi connectivity index (χ4v) is 2.09. The fraction of sp³-hybridized carbons (Fsp3) is 0.385. The number of hydrogen-bond donors (Lipinski definition) is 2. The molecule has 0 saturated heterocycles. The van der Waals surface area contributed by atoms with Gasteiger partial charge in [0.25, 0.3) is 0 Å². The highest BCUT2D eigenvalue weighted by Gasteiger charge is 2.11. The molecule has 0 spiro atoms. The van der Waals surface area contributed by atoms with E-state index in [0.29, 0.717) is 0 Å². The van der Waals surface area contributed by atoms with Crippen molar-refractivity contribution < 1.29 is 23.1 Å². The lowest BCUT2D eigenvalue weighted by Gasteiger charge is -2.17. The van der Waals surface area contributed by atoms with Crippen LogP contribution in [0.4, 0.5) is 4.79 Å². The van der Waals surface area contributed by atoms with Crippen LogP contribution in [0.2, 0.25) is 0 Å². The molecule has 21 heavy (non-hydrogen) atoms. The molecule has 0 aliphatic heterocycles. The lowest BCUT2D eigenvalue weighted by Crippen LogP contribution is -2.39. The highest BCUT2D eigenvalue weighted by atomic mass is 32.2. The highest BCUT2D eigenvalue weighted by molar-refractivity contribution is 7.90. The summed E-state index contributed by atoms with van der Waals surface area (Å²) in [6, 6.07) is 5.75. The summed E-state index contributed by atoms with van der Waals surface area (Å²) in [6.07, 6.45) is 1.11. The number of carbonyl (C=O) groups excluding carboxylic acids is 1. The van der Waals surface area contributed by atoms with Crippen molar-refractivity contribution in [2.24, 2.45) is 0 Å². The first-order chi connectivity index (χ1) is 9.69. The Morgan fingerprint density at radius 3 is 2.29 bits per heavy atom. The van der Waals surface area contributed by atoms with E-state index in [1.807, 2.05) is 0 Å². The van der Waals surface area contributed by atoms with Gasteiger partial charge in [0.05, 0.1) is 11.3 Å². The fourth-order valence-electron chi connectivity index (χ4n) is 1.48. The minimum absolute atomic E-state index is 0.0930. The highest BCUT2D eigenvalue weighted by Crippen LogP contribution is 2.04. The van der Waals surface area contributed by atoms with E-state index in [4.69, 9.17) is 5.11 Å². The van der Waals surface area contributed by atoms with Crippen molar-refractivity contribution >= 4 is 21.8 Å². The summed E-state index contributed by atoms with van der Waals surface area (Å²) >= 11 is 0. The van der Waals surface area contributed by atoms with Crippen molar-refractivity contribution in [3.05, 3.63) is 35.4 Å². The number of aromatic carboxylic acids is 1. The average Bonchev–Trinajstić information content (AvgIpc) is 2.41. The number of carboxylic acids is 1. The van der Waals surface area contributed by atoms with Gasteiger partial charge >= 0.3 is 12.0 Å². The van der Waals surface area contributed by atoms with Crippen molar-refractivity contribution in [2.45, 2.75) is 6.54 Å². The van der Waals surface area contributed by atoms with Gasteiger partial charge in [-0.05, 0) is 17.7 Å². The summed E-state index contributed by atoms with van der Waals surface area (Å²) in [5.74, 6) is -1.10. The van der Waals surface area contributed by atoms with E-state index in [-0.39, 0.29) is 30.4 Å². The van der Waals surface area contributed by atoms with Crippen LogP contribution in [0.3, 0.4) is 0 Å². The Morgan fingerprint density at radius 2 is 1.81 bits per heavy atom. The van der Waals surface area contributed by atoms with Gasteiger partial charge < -0.3 is 15.3 Å². The topological polar surface area (TPSA) is 104 Å². The summed E-state index contributed by atoms with van der Waals surface area (Å²) < 4.78 is 22.0. The third-order valence-corrected chi connectivity index (χ3v) is 3.71. The summed E-state index contributed by atoms with van der Waals surface area (Å²) in [7, 11) is -1.60. The Bertz CT molecular complexity index is 610. The summed E-state index contributed by atoms with van der Waals surface area (Å²) in [6.45, 7) is 0.352. The second-order valence-corrected chi connectivity index (χ2v) is 6.97. The van der Waals surface area contributed by atoms with Crippen LogP contribution in [0.5, 0.6) is 0 Å². The van der Waals surface area contributed by atoms with E-state index in [0.717, 1.165) is 11.8 Å². The molecule has 8 heteroatoms. The van der Waals surface area contributed by atoms with E-state index < -0.39 is 15.8 Å². The molecule has 7 nitrogen and oxygen atoms in total. The zero-order chi connectivity index (χ0) is 16.0. The normalized spacial score (nSPS) is 11.0. The van der Waals surface area contributed by atoms with E-state index in [2.05, 4.69) is 5.32 Å². The van der Waals surface area contributed by atoms with Crippen LogP contribution in [0, 0.1) is 0 Å². The standard InChI is InChI=1S/C13H18N2O5S/c1-15(7-8-21(2,19)20)13(18)14-9-10-3-5-11(6-4-10)12(16)17/h3-6H,7-9H2,1-2H3,(H,14,18)(H,16,17). The number of urea groups is 1. The molecular weight excluding hydrogens is 296 g/mol. The number of nitrogens with zero attached hydrogens (tertiary/aromatic N) is 1. The van der Waals surface area contributed by atoms with Gasteiger partial charge in [0, 0.05) is 26.4 Å². The first kappa shape index (κ1) is 17.0. The van der Waals surface area contributed by atoms with Gasteiger partial charge in [-0.15, -0.1) is 0 Å². The van der Waals surface area contributed by atoms with Crippen molar-refractivity contribution in [2.75, 3.05) is 25.6 Å². The van der Waals surface area contributed by atoms with Gasteiger partial charge in [-0.1, -0.05) is 12.1 Å². The Kier molecular flexibility index (Phi) is 5.71. The molecule has 0 atom stereocenters. The van der Waals surface area contributed by atoms with Crippen LogP contribution in [0.1, 0.15) is 15.9 Å². The minimum atomic E-state index is -3.11. The van der Waals surface area contributed by atoms with Crippen LogP contribution in [-0.4, -0.2) is 56.0 Å². The summed E-state index contributed by atoms with van der Waals surface area (Å²) in [4.78, 5) is 23.7. The number of hydrogen-bond acceptors (Lipinski definition) is 4. The number of nitrogens with one attached hydrogen (secondary N) is 1. The predicted octanol–water partition coefficient (Wildman–Crippen LogP) is 0.571. The largest absolute Gasteiger partial charge is 0.478 e. The Hall–Kier alpha value is -2.09. The summed E-state index contributed by atoms with van der Waals surface area (Å²) in [5.41, 5.74) is 0.931. The van der Waals surface area contributed by atoms with Gasteiger partial charge in [0.2, 0.25) is 0 Å². The monoisotopic (exact) mass is 314 g/mol. The number of carboxylic acid groups (broad SMARTS) is 1. The van der Waals surface area contributed by atoms with Crippen LogP contribution in [0.15, 0.2) is 24.3 Å². The second-order valence-electron chi connectivity index (χ2n) is 4.71. The third-order valence-electron chi connectivity index (χ3n) is 2.79. The first-order valence-corrected chi connectivity index (χ1v) is 8.24. The maximum absolute atomic E-state index is 11.7. The maximum Gasteiger partial charge on any atom is 0.335 e. The number of rotatable bonds is 6. The number of amides is 2. The molecule has 116 valence electrons. The summed E-state index contributed by atoms with van der Waals surface area (Å²) in [5, 5.41) is 11.4. The Morgan fingerprint density at radius 1 is 1.24 bits per heavy atom. The van der Waals surface area contributed by atoms with E-state index in [1.165, 1.54) is 24.1 Å². The first-order valence-electron chi connectivity index (χ1n) is 6.18. The third kappa shape index (κ3) is 6.26. The Labute approximate surface area is 123 Å². The number of sulfone groups is 1. The van der Waals surface area contributed by atoms with E-state index in [1.54, 1.807) is 12.1 Å². The van der Waals surface area contributed by atoms with Gasteiger partial charge in [-0.3, -0.25) is 0 Å². The molecule has 2 N–H and O–H groups in total. The molecule has 0 aromatic heterocycles. The molecule has 0 fully saturated rings. The van der Waals surface area contributed by atoms with Gasteiger partial charge in [-0.2, -0.15) is 0 Å². The van der Waals surface area contributed by atoms with Crippen molar-refractivity contribution in [1.29, 1.82) is 0 Å². The van der Waals surface area contributed by atoms with Crippen molar-refractivity contribution in [1.82, 2.24) is 10.2 Å². The average molecular weight is 314 g/mol. The van der Waals surface area contributed by atoms with Gasteiger partial charge in [-0.25, -0.2) is 18.0 Å². The molecule has 0 aliphatic rings. The van der Waals surface area contributed by atoms with E-state index >= 15 is 0 Å². The molecule has 0 aliphatic carbocycles. The molecule has 1 aromatic carbocycles. The number of benzene rings is 1. The minimum Gasteiger partial charge on any atom is -0.478 e. The van der Waals surface area contributed by atoms with Crippen molar-refractivity contribution in [3.8, 4) is 0 Å². The quantitative estimate of drug-likeness (QED) is 0.799. The molecule has 1 aromatic rings. The molecule has 1 rings (SSSR count). The smallest absolute Gasteiger partial charge is 0.335 e. The lowest BCUT2D eigenvalue weighted by molar-refractivity contribution is 0.0697. The molecule has 2 amide bonds.